The van der Waals surface area contributed by atoms with Crippen molar-refractivity contribution in [2.24, 2.45) is 0 Å². The molecule has 0 saturated heterocycles. The van der Waals surface area contributed by atoms with Crippen LogP contribution in [-0.2, 0) is 9.59 Å². The van der Waals surface area contributed by atoms with Gasteiger partial charge in [-0.1, -0.05) is 0 Å². The van der Waals surface area contributed by atoms with E-state index in [-0.39, 0.29) is 30.6 Å². The molecule has 0 atom stereocenters. The first kappa shape index (κ1) is 22.6. The van der Waals surface area contributed by atoms with Gasteiger partial charge in [-0.15, -0.1) is 0 Å². The van der Waals surface area contributed by atoms with E-state index in [1.807, 2.05) is 0 Å². The summed E-state index contributed by atoms with van der Waals surface area (Å²) >= 11 is 0. The molecule has 0 aromatic rings. The number of carboxylic acids is 2. The molecule has 0 heterocycles. The van der Waals surface area contributed by atoms with Crippen LogP contribution in [0.4, 0.5) is 4.70 Å². The third kappa shape index (κ3) is 2540. The van der Waals surface area contributed by atoms with Gasteiger partial charge in [0.05, 0.1) is 0 Å². The second-order valence-electron chi connectivity index (χ2n) is 1.04. The predicted molar refractivity (Wildman–Crippen MR) is 37.1 cm³/mol. The van der Waals surface area contributed by atoms with Crippen LogP contribution in [0.25, 0.3) is 0 Å². The molecule has 0 aliphatic heterocycles. The summed E-state index contributed by atoms with van der Waals surface area (Å²) in [5, 5.41) is 14.8. The van der Waals surface area contributed by atoms with Crippen molar-refractivity contribution in [1.82, 2.24) is 0 Å². The van der Waals surface area contributed by atoms with Gasteiger partial charge in [0.15, 0.2) is 0 Å². The van der Waals surface area contributed by atoms with E-state index in [0.717, 1.165) is 13.8 Å². The minimum absolute atomic E-state index is 0. The van der Waals surface area contributed by atoms with Gasteiger partial charge in [0.25, 0.3) is 11.9 Å². The van der Waals surface area contributed by atoms with Gasteiger partial charge in [0, 0.05) is 13.8 Å². The molecule has 2 N–H and O–H groups in total. The molecule has 4 nitrogen and oxygen atoms in total. The fourth-order valence-electron chi connectivity index (χ4n) is 0. The molecule has 0 aromatic heterocycles. The van der Waals surface area contributed by atoms with Crippen LogP contribution in [0.3, 0.4) is 0 Å². The Bertz CT molecular complexity index is 83.1. The van der Waals surface area contributed by atoms with Crippen LogP contribution in [0.15, 0.2) is 0 Å². The van der Waals surface area contributed by atoms with Crippen LogP contribution in [0, 0.1) is 0 Å². The normalized spacial score (nSPS) is 5.00. The van der Waals surface area contributed by atoms with Crippen LogP contribution >= 0.6 is 0 Å². The fraction of sp³-hybridized carbons (Fsp3) is 0.500. The third-order valence-corrected chi connectivity index (χ3v) is 0. The topological polar surface area (TPSA) is 74.6 Å². The van der Waals surface area contributed by atoms with Gasteiger partial charge >= 0.3 is 23.1 Å². The maximum Gasteiger partial charge on any atom is 2.00 e. The van der Waals surface area contributed by atoms with Crippen molar-refractivity contribution >= 4 is 35.0 Å². The van der Waals surface area contributed by atoms with E-state index in [9.17, 15) is 0 Å². The van der Waals surface area contributed by atoms with Crippen LogP contribution in [-0.4, -0.2) is 45.2 Å². The second-order valence-corrected chi connectivity index (χ2v) is 1.04. The van der Waals surface area contributed by atoms with Gasteiger partial charge in [-0.25, -0.2) is 0 Å². The molecule has 0 rings (SSSR count). The molecule has 10 heavy (non-hydrogen) atoms. The molecule has 0 unspecified atom stereocenters. The van der Waals surface area contributed by atoms with Crippen molar-refractivity contribution in [2.75, 3.05) is 0 Å². The molecule has 0 saturated carbocycles. The Hall–Kier alpha value is -0.364. The van der Waals surface area contributed by atoms with E-state index in [2.05, 4.69) is 0 Å². The summed E-state index contributed by atoms with van der Waals surface area (Å²) in [6, 6.07) is 0. The standard InChI is InChI=1S/2C2H4O2.FH.Mg.2H/c2*1-2(3)4;;;;/h2*1H3,(H,3,4);1H;;;/q;;;+2;2*-1. The van der Waals surface area contributed by atoms with Crippen molar-refractivity contribution in [2.45, 2.75) is 13.8 Å². The van der Waals surface area contributed by atoms with Crippen LogP contribution < -0.4 is 0 Å². The molecule has 0 aliphatic carbocycles. The Kier molecular flexibility index (Phi) is 35.9. The first-order valence-electron chi connectivity index (χ1n) is 1.86. The zero-order chi connectivity index (χ0) is 7.15. The van der Waals surface area contributed by atoms with Gasteiger partial charge in [-0.2, -0.15) is 0 Å². The minimum atomic E-state index is -0.833. The Morgan fingerprint density at radius 3 is 1.10 bits per heavy atom. The van der Waals surface area contributed by atoms with Crippen LogP contribution in [0.5, 0.6) is 0 Å². The number of halogens is 1. The number of aliphatic carboxylic acids is 2. The smallest absolute Gasteiger partial charge is 1.00 e. The molecule has 0 radical (unpaired) electrons. The third-order valence-electron chi connectivity index (χ3n) is 0. The van der Waals surface area contributed by atoms with E-state index in [4.69, 9.17) is 19.8 Å². The van der Waals surface area contributed by atoms with Crippen molar-refractivity contribution in [3.8, 4) is 0 Å². The Labute approximate surface area is 76.7 Å². The summed E-state index contributed by atoms with van der Waals surface area (Å²) < 4.78 is 0. The zero-order valence-corrected chi connectivity index (χ0v) is 7.24. The molecule has 0 amide bonds. The number of carboxylic acid groups (broad SMARTS) is 2. The average Bonchev–Trinajstić information content (AvgIpc) is 1.25. The monoisotopic (exact) mass is 166 g/mol. The SMILES string of the molecule is CC(=O)O.CC(=O)O.F.[H-].[H-].[Mg+2]. The number of hydrogen-bond acceptors (Lipinski definition) is 2. The maximum absolute atomic E-state index is 9.00. The van der Waals surface area contributed by atoms with Gasteiger partial charge < -0.3 is 13.1 Å². The van der Waals surface area contributed by atoms with Crippen molar-refractivity contribution in [3.05, 3.63) is 0 Å². The second kappa shape index (κ2) is 15.9. The first-order chi connectivity index (χ1) is 3.46. The first-order valence-corrected chi connectivity index (χ1v) is 1.86. The van der Waals surface area contributed by atoms with Crippen LogP contribution in [0.1, 0.15) is 16.7 Å². The Morgan fingerprint density at radius 1 is 1.10 bits per heavy atom. The Morgan fingerprint density at radius 2 is 1.10 bits per heavy atom. The summed E-state index contributed by atoms with van der Waals surface area (Å²) in [6.45, 7) is 2.17. The zero-order valence-electron chi connectivity index (χ0n) is 7.83. The summed E-state index contributed by atoms with van der Waals surface area (Å²) in [5.41, 5.74) is 0. The van der Waals surface area contributed by atoms with Crippen molar-refractivity contribution in [1.29, 1.82) is 0 Å². The fourth-order valence-corrected chi connectivity index (χ4v) is 0. The molecule has 0 aliphatic rings. The number of carbonyl (C=O) groups is 2. The quantitative estimate of drug-likeness (QED) is 0.504. The van der Waals surface area contributed by atoms with Gasteiger partial charge in [0.1, 0.15) is 0 Å². The summed E-state index contributed by atoms with van der Waals surface area (Å²) in [6.07, 6.45) is 0. The largest absolute Gasteiger partial charge is 2.00 e. The number of rotatable bonds is 0. The average molecular weight is 166 g/mol. The van der Waals surface area contributed by atoms with E-state index >= 15 is 0 Å². The molecule has 6 heteroatoms. The molecule has 0 spiro atoms. The van der Waals surface area contributed by atoms with E-state index in [1.165, 1.54) is 0 Å². The summed E-state index contributed by atoms with van der Waals surface area (Å²) in [4.78, 5) is 18.0. The minimum Gasteiger partial charge on any atom is -1.00 e. The van der Waals surface area contributed by atoms with E-state index in [0.29, 0.717) is 0 Å². The molecule has 60 valence electrons. The molecular weight excluding hydrogens is 155 g/mol. The van der Waals surface area contributed by atoms with Gasteiger partial charge in [0.2, 0.25) is 0 Å². The Balaban J connectivity index is -0.0000000112. The number of hydrogen-bond donors (Lipinski definition) is 2. The van der Waals surface area contributed by atoms with Crippen LogP contribution in [0.2, 0.25) is 0 Å². The molecule has 0 bridgehead atoms. The van der Waals surface area contributed by atoms with Gasteiger partial charge in [-0.3, -0.25) is 14.3 Å². The summed E-state index contributed by atoms with van der Waals surface area (Å²) in [5.74, 6) is -1.67. The summed E-state index contributed by atoms with van der Waals surface area (Å²) in [7, 11) is 0. The van der Waals surface area contributed by atoms with Gasteiger partial charge in [-0.05, 0) is 0 Å². The van der Waals surface area contributed by atoms with Crippen molar-refractivity contribution < 1.29 is 27.4 Å². The maximum atomic E-state index is 9.00. The molecule has 0 aromatic carbocycles. The molecule has 0 fully saturated rings. The van der Waals surface area contributed by atoms with E-state index < -0.39 is 11.9 Å². The molecular formula is C4H11FMgO4. The predicted octanol–water partition coefficient (Wildman–Crippen LogP) is 0.178. The van der Waals surface area contributed by atoms with Crippen molar-refractivity contribution in [3.63, 3.8) is 0 Å². The van der Waals surface area contributed by atoms with E-state index in [1.54, 1.807) is 0 Å².